The highest BCUT2D eigenvalue weighted by molar-refractivity contribution is 5.61. The Labute approximate surface area is 112 Å². The molecule has 102 valence electrons. The molecule has 2 N–H and O–H groups in total. The van der Waals surface area contributed by atoms with E-state index in [1.807, 2.05) is 10.6 Å². The van der Waals surface area contributed by atoms with Crippen molar-refractivity contribution >= 4 is 11.5 Å². The first-order chi connectivity index (χ1) is 9.43. The van der Waals surface area contributed by atoms with Crippen molar-refractivity contribution in [3.8, 4) is 0 Å². The van der Waals surface area contributed by atoms with E-state index in [9.17, 15) is 0 Å². The molecule has 0 atom stereocenters. The van der Waals surface area contributed by atoms with Gasteiger partial charge in [0, 0.05) is 45.1 Å². The van der Waals surface area contributed by atoms with Crippen LogP contribution in [-0.4, -0.2) is 63.8 Å². The van der Waals surface area contributed by atoms with E-state index in [0.717, 1.165) is 57.2 Å². The molecule has 7 heteroatoms. The predicted molar refractivity (Wildman–Crippen MR) is 73.2 cm³/mol. The van der Waals surface area contributed by atoms with Gasteiger partial charge in [0.2, 0.25) is 5.65 Å². The van der Waals surface area contributed by atoms with E-state index in [1.165, 1.54) is 0 Å². The van der Waals surface area contributed by atoms with Gasteiger partial charge in [-0.2, -0.15) is 0 Å². The Morgan fingerprint density at radius 1 is 1.32 bits per heavy atom. The van der Waals surface area contributed by atoms with Crippen LogP contribution in [0.5, 0.6) is 0 Å². The van der Waals surface area contributed by atoms with Gasteiger partial charge in [-0.05, 0) is 13.0 Å². The van der Waals surface area contributed by atoms with Crippen molar-refractivity contribution in [1.29, 1.82) is 0 Å². The smallest absolute Gasteiger partial charge is 0.203 e. The van der Waals surface area contributed by atoms with Crippen molar-refractivity contribution in [2.24, 2.45) is 0 Å². The lowest BCUT2D eigenvalue weighted by molar-refractivity contribution is 0.240. The molecule has 1 aliphatic rings. The number of nitrogens with one attached hydrogen (secondary N) is 2. The molecular formula is C12H19N7. The summed E-state index contributed by atoms with van der Waals surface area (Å²) in [4.78, 5) is 6.79. The summed E-state index contributed by atoms with van der Waals surface area (Å²) in [5.41, 5.74) is 0.782. The van der Waals surface area contributed by atoms with Gasteiger partial charge in [0.1, 0.15) is 6.33 Å². The van der Waals surface area contributed by atoms with Crippen LogP contribution in [-0.2, 0) is 0 Å². The van der Waals surface area contributed by atoms with Gasteiger partial charge in [-0.1, -0.05) is 0 Å². The Morgan fingerprint density at radius 2 is 2.21 bits per heavy atom. The largest absolute Gasteiger partial charge is 0.367 e. The van der Waals surface area contributed by atoms with E-state index in [0.29, 0.717) is 0 Å². The first-order valence-electron chi connectivity index (χ1n) is 6.75. The van der Waals surface area contributed by atoms with Crippen molar-refractivity contribution in [3.05, 3.63) is 18.7 Å². The number of anilines is 1. The fourth-order valence-electron chi connectivity index (χ4n) is 2.33. The topological polar surface area (TPSA) is 70.4 Å². The van der Waals surface area contributed by atoms with E-state index in [-0.39, 0.29) is 0 Å². The summed E-state index contributed by atoms with van der Waals surface area (Å²) in [5, 5.41) is 14.6. The second-order valence-corrected chi connectivity index (χ2v) is 4.71. The van der Waals surface area contributed by atoms with Crippen LogP contribution in [0.25, 0.3) is 5.65 Å². The van der Waals surface area contributed by atoms with Crippen molar-refractivity contribution < 1.29 is 0 Å². The summed E-state index contributed by atoms with van der Waals surface area (Å²) >= 11 is 0. The number of nitrogens with zero attached hydrogens (tertiary/aromatic N) is 5. The van der Waals surface area contributed by atoms with Crippen molar-refractivity contribution in [3.63, 3.8) is 0 Å². The molecule has 0 radical (unpaired) electrons. The maximum absolute atomic E-state index is 4.31. The second-order valence-electron chi connectivity index (χ2n) is 4.71. The number of fused-ring (bicyclic) bond motifs is 1. The number of hydrogen-bond donors (Lipinski definition) is 2. The lowest BCUT2D eigenvalue weighted by atomic mass is 10.3. The third-order valence-corrected chi connectivity index (χ3v) is 3.37. The minimum Gasteiger partial charge on any atom is -0.367 e. The molecule has 1 fully saturated rings. The van der Waals surface area contributed by atoms with Crippen LogP contribution in [0, 0.1) is 0 Å². The lowest BCUT2D eigenvalue weighted by Crippen LogP contribution is -2.44. The van der Waals surface area contributed by atoms with Crippen molar-refractivity contribution in [2.75, 3.05) is 44.6 Å². The summed E-state index contributed by atoms with van der Waals surface area (Å²) < 4.78 is 1.87. The zero-order valence-electron chi connectivity index (χ0n) is 10.9. The molecule has 2 aromatic heterocycles. The molecule has 0 aliphatic carbocycles. The number of piperazine rings is 1. The van der Waals surface area contributed by atoms with Crippen LogP contribution in [0.15, 0.2) is 18.7 Å². The maximum atomic E-state index is 4.31. The number of aromatic nitrogens is 4. The van der Waals surface area contributed by atoms with Gasteiger partial charge >= 0.3 is 0 Å². The Balaban J connectivity index is 1.48. The molecule has 7 nitrogen and oxygen atoms in total. The fraction of sp³-hybridized carbons (Fsp3) is 0.583. The third-order valence-electron chi connectivity index (χ3n) is 3.37. The SMILES string of the molecule is c1cn2cnnc2c(NCCCN2CCNCC2)n1. The molecule has 19 heavy (non-hydrogen) atoms. The Bertz CT molecular complexity index is 518. The molecule has 0 bridgehead atoms. The summed E-state index contributed by atoms with van der Waals surface area (Å²) in [6, 6.07) is 0. The van der Waals surface area contributed by atoms with Crippen molar-refractivity contribution in [2.45, 2.75) is 6.42 Å². The Hall–Kier alpha value is -1.73. The van der Waals surface area contributed by atoms with Crippen LogP contribution in [0.3, 0.4) is 0 Å². The van der Waals surface area contributed by atoms with Crippen molar-refractivity contribution in [1.82, 2.24) is 29.8 Å². The standard InChI is InChI=1S/C12H19N7/c1(6-18-7-3-13-4-8-18)2-14-11-12-17-16-10-19(12)9-5-15-11/h5,9-10,13H,1-4,6-8H2,(H,14,15). The molecule has 0 saturated carbocycles. The van der Waals surface area contributed by atoms with Gasteiger partial charge in [0.05, 0.1) is 0 Å². The summed E-state index contributed by atoms with van der Waals surface area (Å²) in [5.74, 6) is 0.806. The molecule has 0 spiro atoms. The zero-order chi connectivity index (χ0) is 12.9. The van der Waals surface area contributed by atoms with E-state index in [1.54, 1.807) is 12.5 Å². The molecule has 1 saturated heterocycles. The van der Waals surface area contributed by atoms with Crippen LogP contribution >= 0.6 is 0 Å². The van der Waals surface area contributed by atoms with Crippen LogP contribution in [0.2, 0.25) is 0 Å². The number of hydrogen-bond acceptors (Lipinski definition) is 6. The highest BCUT2D eigenvalue weighted by Crippen LogP contribution is 2.09. The molecule has 2 aromatic rings. The van der Waals surface area contributed by atoms with Crippen LogP contribution in [0.1, 0.15) is 6.42 Å². The summed E-state index contributed by atoms with van der Waals surface area (Å²) in [6.45, 7) is 6.55. The molecule has 1 aliphatic heterocycles. The fourth-order valence-corrected chi connectivity index (χ4v) is 2.33. The highest BCUT2D eigenvalue weighted by atomic mass is 15.2. The van der Waals surface area contributed by atoms with E-state index in [4.69, 9.17) is 0 Å². The van der Waals surface area contributed by atoms with Gasteiger partial charge in [-0.3, -0.25) is 4.40 Å². The lowest BCUT2D eigenvalue weighted by Gasteiger charge is -2.27. The third kappa shape index (κ3) is 2.99. The molecule has 0 unspecified atom stereocenters. The molecule has 0 aromatic carbocycles. The van der Waals surface area contributed by atoms with Gasteiger partial charge in [0.15, 0.2) is 5.82 Å². The molecular weight excluding hydrogens is 242 g/mol. The summed E-state index contributed by atoms with van der Waals surface area (Å²) in [6.07, 6.45) is 6.40. The average molecular weight is 261 g/mol. The molecule has 3 heterocycles. The molecule has 0 amide bonds. The molecule has 3 rings (SSSR count). The zero-order valence-corrected chi connectivity index (χ0v) is 10.9. The minimum absolute atomic E-state index is 0.782. The first-order valence-corrected chi connectivity index (χ1v) is 6.75. The monoisotopic (exact) mass is 261 g/mol. The average Bonchev–Trinajstić information content (AvgIpc) is 2.94. The van der Waals surface area contributed by atoms with E-state index >= 15 is 0 Å². The second kappa shape index (κ2) is 5.94. The Kier molecular flexibility index (Phi) is 3.85. The van der Waals surface area contributed by atoms with Gasteiger partial charge < -0.3 is 15.5 Å². The van der Waals surface area contributed by atoms with Gasteiger partial charge in [-0.15, -0.1) is 10.2 Å². The highest BCUT2D eigenvalue weighted by Gasteiger charge is 2.09. The quantitative estimate of drug-likeness (QED) is 0.728. The number of rotatable bonds is 5. The summed E-state index contributed by atoms with van der Waals surface area (Å²) in [7, 11) is 0. The maximum Gasteiger partial charge on any atom is 0.203 e. The minimum atomic E-state index is 0.782. The Morgan fingerprint density at radius 3 is 3.11 bits per heavy atom. The first kappa shape index (κ1) is 12.3. The van der Waals surface area contributed by atoms with Gasteiger partial charge in [0.25, 0.3) is 0 Å². The van der Waals surface area contributed by atoms with Crippen LogP contribution < -0.4 is 10.6 Å². The van der Waals surface area contributed by atoms with Crippen LogP contribution in [0.4, 0.5) is 5.82 Å². The predicted octanol–water partition coefficient (Wildman–Crippen LogP) is -0.168. The normalized spacial score (nSPS) is 16.8. The van der Waals surface area contributed by atoms with E-state index in [2.05, 4.69) is 30.7 Å². The van der Waals surface area contributed by atoms with E-state index < -0.39 is 0 Å². The van der Waals surface area contributed by atoms with Gasteiger partial charge in [-0.25, -0.2) is 4.98 Å².